The number of hydrogen-bond acceptors (Lipinski definition) is 1. The van der Waals surface area contributed by atoms with E-state index in [2.05, 4.69) is 6.92 Å². The summed E-state index contributed by atoms with van der Waals surface area (Å²) in [7, 11) is 0. The monoisotopic (exact) mass is 124 g/mol. The van der Waals surface area contributed by atoms with Gasteiger partial charge in [-0.3, -0.25) is 0 Å². The van der Waals surface area contributed by atoms with Crippen molar-refractivity contribution in [1.29, 1.82) is 0 Å². The highest BCUT2D eigenvalue weighted by Gasteiger charge is 1.76. The first-order chi connectivity index (χ1) is 2.91. The van der Waals surface area contributed by atoms with Gasteiger partial charge >= 0.3 is 0 Å². The van der Waals surface area contributed by atoms with Crippen LogP contribution in [-0.4, -0.2) is 11.7 Å². The Kier molecular flexibility index (Phi) is 14.0. The van der Waals surface area contributed by atoms with Gasteiger partial charge in [0.1, 0.15) is 0 Å². The molecule has 0 saturated carbocycles. The third kappa shape index (κ3) is 10.7. The van der Waals surface area contributed by atoms with Crippen molar-refractivity contribution in [3.05, 3.63) is 0 Å². The third-order valence-electron chi connectivity index (χ3n) is 0.762. The second-order valence-electron chi connectivity index (χ2n) is 1.43. The number of unbranched alkanes of at least 4 members (excludes halogenated alkanes) is 2. The second kappa shape index (κ2) is 9.54. The van der Waals surface area contributed by atoms with Crippen molar-refractivity contribution in [3.8, 4) is 0 Å². The van der Waals surface area contributed by atoms with Gasteiger partial charge in [-0.25, -0.2) is 0 Å². The molecule has 46 valence electrons. The zero-order chi connectivity index (χ0) is 4.83. The van der Waals surface area contributed by atoms with Crippen LogP contribution in [0.3, 0.4) is 0 Å². The summed E-state index contributed by atoms with van der Waals surface area (Å²) in [6.45, 7) is 2.48. The predicted molar refractivity (Wildman–Crippen MR) is 33.9 cm³/mol. The summed E-state index contributed by atoms with van der Waals surface area (Å²) >= 11 is 0. The van der Waals surface area contributed by atoms with Crippen LogP contribution in [0.4, 0.5) is 0 Å². The third-order valence-corrected chi connectivity index (χ3v) is 0.762. The van der Waals surface area contributed by atoms with Crippen molar-refractivity contribution >= 4 is 12.4 Å². The lowest BCUT2D eigenvalue weighted by Gasteiger charge is -1.85. The fraction of sp³-hybridized carbons (Fsp3) is 1.00. The van der Waals surface area contributed by atoms with Crippen molar-refractivity contribution in [2.24, 2.45) is 0 Å². The molecule has 0 radical (unpaired) electrons. The largest absolute Gasteiger partial charge is 0.396 e. The molecule has 0 aromatic rings. The molecule has 0 rings (SSSR count). The van der Waals surface area contributed by atoms with Gasteiger partial charge in [0, 0.05) is 6.61 Å². The molecule has 0 heterocycles. The molecule has 0 aliphatic rings. The van der Waals surface area contributed by atoms with Gasteiger partial charge in [0.2, 0.25) is 0 Å². The highest BCUT2D eigenvalue weighted by atomic mass is 35.5. The van der Waals surface area contributed by atoms with Crippen LogP contribution in [-0.2, 0) is 0 Å². The van der Waals surface area contributed by atoms with E-state index in [-0.39, 0.29) is 12.4 Å². The maximum Gasteiger partial charge on any atom is 0.0431 e. The Morgan fingerprint density at radius 2 is 1.86 bits per heavy atom. The minimum absolute atomic E-state index is 0. The number of hydrogen-bond donors (Lipinski definition) is 1. The van der Waals surface area contributed by atoms with E-state index in [0.29, 0.717) is 6.61 Å². The molecule has 0 aliphatic heterocycles. The lowest BCUT2D eigenvalue weighted by atomic mass is 10.3. The lowest BCUT2D eigenvalue weighted by Crippen LogP contribution is -1.78. The van der Waals surface area contributed by atoms with Crippen molar-refractivity contribution in [3.63, 3.8) is 0 Å². The van der Waals surface area contributed by atoms with E-state index in [1.54, 1.807) is 0 Å². The number of aliphatic hydroxyl groups is 1. The van der Waals surface area contributed by atoms with Crippen LogP contribution in [0.15, 0.2) is 0 Å². The number of aliphatic hydroxyl groups excluding tert-OH is 1. The summed E-state index contributed by atoms with van der Waals surface area (Å²) in [5, 5.41) is 8.20. The molecule has 0 aromatic carbocycles. The van der Waals surface area contributed by atoms with E-state index < -0.39 is 0 Å². The van der Waals surface area contributed by atoms with Crippen LogP contribution in [0.5, 0.6) is 0 Å². The number of rotatable bonds is 3. The van der Waals surface area contributed by atoms with Crippen LogP contribution >= 0.6 is 12.4 Å². The summed E-state index contributed by atoms with van der Waals surface area (Å²) in [6.07, 6.45) is 3.33. The van der Waals surface area contributed by atoms with E-state index in [4.69, 9.17) is 5.11 Å². The van der Waals surface area contributed by atoms with Gasteiger partial charge in [0.25, 0.3) is 0 Å². The zero-order valence-corrected chi connectivity index (χ0v) is 5.50. The Labute approximate surface area is 51.1 Å². The fourth-order valence-corrected chi connectivity index (χ4v) is 0.362. The maximum atomic E-state index is 8.20. The fourth-order valence-electron chi connectivity index (χ4n) is 0.362. The highest BCUT2D eigenvalue weighted by Crippen LogP contribution is 1.89. The summed E-state index contributed by atoms with van der Waals surface area (Å²) in [5.41, 5.74) is 0. The van der Waals surface area contributed by atoms with Gasteiger partial charge in [-0.05, 0) is 6.42 Å². The Hall–Kier alpha value is 0.250. The molecule has 0 aromatic heterocycles. The first kappa shape index (κ1) is 10.3. The Bertz CT molecular complexity index is 20.0. The standard InChI is InChI=1S/C5H12O.ClH/c1-2-3-4-5-6;/h6H,2-5H2,1H3;1H. The highest BCUT2D eigenvalue weighted by molar-refractivity contribution is 5.85. The SMILES string of the molecule is CCCCCO.Cl. The summed E-state index contributed by atoms with van der Waals surface area (Å²) in [6, 6.07) is 0. The van der Waals surface area contributed by atoms with E-state index in [9.17, 15) is 0 Å². The van der Waals surface area contributed by atoms with Crippen molar-refractivity contribution < 1.29 is 5.11 Å². The van der Waals surface area contributed by atoms with Crippen molar-refractivity contribution in [2.75, 3.05) is 6.61 Å². The molecule has 0 aliphatic carbocycles. The molecular weight excluding hydrogens is 112 g/mol. The molecular formula is C5H13ClO. The second-order valence-corrected chi connectivity index (χ2v) is 1.43. The van der Waals surface area contributed by atoms with E-state index >= 15 is 0 Å². The first-order valence-corrected chi connectivity index (χ1v) is 2.52. The van der Waals surface area contributed by atoms with Gasteiger partial charge in [-0.1, -0.05) is 19.8 Å². The minimum atomic E-state index is 0. The lowest BCUT2D eigenvalue weighted by molar-refractivity contribution is 0.284. The molecule has 0 bridgehead atoms. The average Bonchev–Trinajstić information content (AvgIpc) is 1.61. The van der Waals surface area contributed by atoms with Crippen LogP contribution in [0, 0.1) is 0 Å². The van der Waals surface area contributed by atoms with E-state index in [1.165, 1.54) is 6.42 Å². The molecule has 0 unspecified atom stereocenters. The summed E-state index contributed by atoms with van der Waals surface area (Å²) in [5.74, 6) is 0. The summed E-state index contributed by atoms with van der Waals surface area (Å²) < 4.78 is 0. The van der Waals surface area contributed by atoms with Gasteiger partial charge < -0.3 is 5.11 Å². The Morgan fingerprint density at radius 1 is 1.29 bits per heavy atom. The number of halogens is 1. The van der Waals surface area contributed by atoms with Gasteiger partial charge in [-0.2, -0.15) is 0 Å². The molecule has 1 nitrogen and oxygen atoms in total. The topological polar surface area (TPSA) is 20.2 Å². The van der Waals surface area contributed by atoms with E-state index in [0.717, 1.165) is 12.8 Å². The molecule has 0 fully saturated rings. The minimum Gasteiger partial charge on any atom is -0.396 e. The molecule has 0 saturated heterocycles. The predicted octanol–water partition coefficient (Wildman–Crippen LogP) is 1.59. The zero-order valence-electron chi connectivity index (χ0n) is 4.68. The van der Waals surface area contributed by atoms with Crippen LogP contribution in [0.1, 0.15) is 26.2 Å². The molecule has 0 amide bonds. The van der Waals surface area contributed by atoms with Gasteiger partial charge in [0.15, 0.2) is 0 Å². The summed E-state index contributed by atoms with van der Waals surface area (Å²) in [4.78, 5) is 0. The molecule has 2 heteroatoms. The van der Waals surface area contributed by atoms with Crippen molar-refractivity contribution in [1.82, 2.24) is 0 Å². The molecule has 1 N–H and O–H groups in total. The smallest absolute Gasteiger partial charge is 0.0431 e. The van der Waals surface area contributed by atoms with Gasteiger partial charge in [-0.15, -0.1) is 12.4 Å². The van der Waals surface area contributed by atoms with E-state index in [1.807, 2.05) is 0 Å². The van der Waals surface area contributed by atoms with Crippen LogP contribution < -0.4 is 0 Å². The first-order valence-electron chi connectivity index (χ1n) is 2.52. The normalized spacial score (nSPS) is 7.71. The Balaban J connectivity index is 0. The maximum absolute atomic E-state index is 8.20. The molecule has 0 atom stereocenters. The van der Waals surface area contributed by atoms with Crippen molar-refractivity contribution in [2.45, 2.75) is 26.2 Å². The van der Waals surface area contributed by atoms with Crippen LogP contribution in [0.25, 0.3) is 0 Å². The average molecular weight is 125 g/mol. The van der Waals surface area contributed by atoms with Crippen LogP contribution in [0.2, 0.25) is 0 Å². The molecule has 7 heavy (non-hydrogen) atoms. The van der Waals surface area contributed by atoms with Gasteiger partial charge in [0.05, 0.1) is 0 Å². The Morgan fingerprint density at radius 3 is 2.00 bits per heavy atom. The molecule has 0 spiro atoms. The quantitative estimate of drug-likeness (QED) is 0.567.